The number of benzene rings is 1. The highest BCUT2D eigenvalue weighted by Gasteiger charge is 2.34. The molecule has 1 aromatic carbocycles. The van der Waals surface area contributed by atoms with E-state index in [1.54, 1.807) is 20.2 Å². The van der Waals surface area contributed by atoms with Gasteiger partial charge in [-0.2, -0.15) is 8.42 Å². The Balaban J connectivity index is 2.27. The van der Waals surface area contributed by atoms with Crippen molar-refractivity contribution < 1.29 is 21.9 Å². The summed E-state index contributed by atoms with van der Waals surface area (Å²) in [6, 6.07) is 4.55. The first kappa shape index (κ1) is 17.7. The lowest BCUT2D eigenvalue weighted by molar-refractivity contribution is -0.117. The van der Waals surface area contributed by atoms with Crippen molar-refractivity contribution in [3.63, 3.8) is 0 Å². The third-order valence-electron chi connectivity index (χ3n) is 3.54. The van der Waals surface area contributed by atoms with Crippen LogP contribution in [0.15, 0.2) is 18.2 Å². The highest BCUT2D eigenvalue weighted by atomic mass is 35.5. The van der Waals surface area contributed by atoms with Gasteiger partial charge in [0.2, 0.25) is 5.91 Å². The number of rotatable bonds is 4. The second-order valence-electron chi connectivity index (χ2n) is 5.64. The number of carbonyl (C=O) groups excluding carboxylic acids is 2. The van der Waals surface area contributed by atoms with Crippen molar-refractivity contribution in [2.75, 3.05) is 31.3 Å². The zero-order valence-electron chi connectivity index (χ0n) is 12.6. The molecule has 6 nitrogen and oxygen atoms in total. The highest BCUT2D eigenvalue weighted by Crippen LogP contribution is 2.29. The SMILES string of the molecule is CN(C)C(=O)c1cc(N2CC(CS(=O)(=O)F)CC2=O)ccc1Cl. The second kappa shape index (κ2) is 6.45. The molecule has 1 fully saturated rings. The summed E-state index contributed by atoms with van der Waals surface area (Å²) < 4.78 is 34.3. The van der Waals surface area contributed by atoms with Crippen LogP contribution >= 0.6 is 11.6 Å². The number of hydrogen-bond acceptors (Lipinski definition) is 4. The van der Waals surface area contributed by atoms with E-state index in [9.17, 15) is 21.9 Å². The van der Waals surface area contributed by atoms with Crippen LogP contribution in [0.5, 0.6) is 0 Å². The molecule has 0 bridgehead atoms. The lowest BCUT2D eigenvalue weighted by atomic mass is 10.1. The van der Waals surface area contributed by atoms with Gasteiger partial charge < -0.3 is 9.80 Å². The Morgan fingerprint density at radius 1 is 1.43 bits per heavy atom. The summed E-state index contributed by atoms with van der Waals surface area (Å²) in [6.07, 6.45) is -0.0528. The fourth-order valence-electron chi connectivity index (χ4n) is 2.51. The second-order valence-corrected chi connectivity index (χ2v) is 7.46. The molecule has 1 heterocycles. The molecule has 1 saturated heterocycles. The van der Waals surface area contributed by atoms with Crippen LogP contribution in [0.4, 0.5) is 9.57 Å². The first-order valence-electron chi connectivity index (χ1n) is 6.82. The van der Waals surface area contributed by atoms with E-state index in [1.807, 2.05) is 0 Å². The van der Waals surface area contributed by atoms with Crippen LogP contribution in [-0.2, 0) is 15.0 Å². The van der Waals surface area contributed by atoms with E-state index in [-0.39, 0.29) is 35.4 Å². The predicted molar refractivity (Wildman–Crippen MR) is 84.8 cm³/mol. The van der Waals surface area contributed by atoms with Crippen molar-refractivity contribution in [3.8, 4) is 0 Å². The van der Waals surface area contributed by atoms with Gasteiger partial charge in [0.05, 0.1) is 16.3 Å². The van der Waals surface area contributed by atoms with E-state index in [0.717, 1.165) is 0 Å². The molecule has 0 N–H and O–H groups in total. The lowest BCUT2D eigenvalue weighted by Gasteiger charge is -2.19. The zero-order valence-corrected chi connectivity index (χ0v) is 14.2. The Labute approximate surface area is 139 Å². The fourth-order valence-corrected chi connectivity index (χ4v) is 3.49. The van der Waals surface area contributed by atoms with Crippen molar-refractivity contribution in [1.29, 1.82) is 0 Å². The quantitative estimate of drug-likeness (QED) is 0.764. The molecular formula is C14H16ClFN2O4S. The first-order chi connectivity index (χ1) is 10.6. The molecule has 0 radical (unpaired) electrons. The summed E-state index contributed by atoms with van der Waals surface area (Å²) in [5.74, 6) is -1.93. The average molecular weight is 363 g/mol. The average Bonchev–Trinajstić information content (AvgIpc) is 2.77. The predicted octanol–water partition coefficient (Wildman–Crippen LogP) is 1.69. The van der Waals surface area contributed by atoms with Crippen molar-refractivity contribution >= 4 is 39.3 Å². The summed E-state index contributed by atoms with van der Waals surface area (Å²) in [5.41, 5.74) is 0.673. The number of anilines is 1. The number of carbonyl (C=O) groups is 2. The van der Waals surface area contributed by atoms with Gasteiger partial charge in [-0.05, 0) is 18.2 Å². The molecule has 0 aromatic heterocycles. The van der Waals surface area contributed by atoms with E-state index in [0.29, 0.717) is 5.69 Å². The molecule has 1 atom stereocenters. The molecule has 1 unspecified atom stereocenters. The topological polar surface area (TPSA) is 74.8 Å². The van der Waals surface area contributed by atoms with Gasteiger partial charge in [0, 0.05) is 38.7 Å². The monoisotopic (exact) mass is 362 g/mol. The molecule has 126 valence electrons. The number of amides is 2. The maximum absolute atomic E-state index is 12.8. The Morgan fingerprint density at radius 3 is 2.65 bits per heavy atom. The van der Waals surface area contributed by atoms with Crippen LogP contribution in [0.25, 0.3) is 0 Å². The summed E-state index contributed by atoms with van der Waals surface area (Å²) in [4.78, 5) is 26.8. The number of halogens is 2. The van der Waals surface area contributed by atoms with Crippen LogP contribution in [0.2, 0.25) is 5.02 Å². The number of nitrogens with zero attached hydrogens (tertiary/aromatic N) is 2. The lowest BCUT2D eigenvalue weighted by Crippen LogP contribution is -2.26. The van der Waals surface area contributed by atoms with Crippen LogP contribution in [-0.4, -0.2) is 51.5 Å². The van der Waals surface area contributed by atoms with Gasteiger partial charge in [0.1, 0.15) is 0 Å². The smallest absolute Gasteiger partial charge is 0.302 e. The minimum absolute atomic E-state index is 0.0528. The molecule has 1 aliphatic rings. The molecule has 9 heteroatoms. The Bertz CT molecular complexity index is 751. The fraction of sp³-hybridized carbons (Fsp3) is 0.429. The number of hydrogen-bond donors (Lipinski definition) is 0. The van der Waals surface area contributed by atoms with E-state index < -0.39 is 21.9 Å². The third-order valence-corrected chi connectivity index (χ3v) is 4.74. The van der Waals surface area contributed by atoms with Crippen molar-refractivity contribution in [1.82, 2.24) is 4.90 Å². The maximum atomic E-state index is 12.8. The minimum Gasteiger partial charge on any atom is -0.345 e. The Kier molecular flexibility index (Phi) is 4.95. The molecule has 0 aliphatic carbocycles. The minimum atomic E-state index is -4.64. The summed E-state index contributed by atoms with van der Waals surface area (Å²) in [7, 11) is -1.48. The van der Waals surface area contributed by atoms with E-state index >= 15 is 0 Å². The van der Waals surface area contributed by atoms with Crippen molar-refractivity contribution in [3.05, 3.63) is 28.8 Å². The van der Waals surface area contributed by atoms with Crippen LogP contribution in [0.1, 0.15) is 16.8 Å². The molecule has 2 amide bonds. The maximum Gasteiger partial charge on any atom is 0.302 e. The molecule has 23 heavy (non-hydrogen) atoms. The zero-order chi connectivity index (χ0) is 17.4. The Hall–Kier alpha value is -1.67. The van der Waals surface area contributed by atoms with E-state index in [2.05, 4.69) is 0 Å². The third kappa shape index (κ3) is 4.20. The van der Waals surface area contributed by atoms with Gasteiger partial charge in [-0.1, -0.05) is 11.6 Å². The van der Waals surface area contributed by atoms with Crippen LogP contribution < -0.4 is 4.90 Å². The summed E-state index contributed by atoms with van der Waals surface area (Å²) >= 11 is 6.01. The standard InChI is InChI=1S/C14H16ClFN2O4S/c1-17(2)14(20)11-6-10(3-4-12(11)15)18-7-9(5-13(18)19)8-23(16,21)22/h3-4,6,9H,5,7-8H2,1-2H3. The van der Waals surface area contributed by atoms with Crippen LogP contribution in [0, 0.1) is 5.92 Å². The molecule has 1 aliphatic heterocycles. The normalized spacial score (nSPS) is 18.3. The molecule has 0 saturated carbocycles. The molecule has 0 spiro atoms. The summed E-state index contributed by atoms with van der Waals surface area (Å²) in [6.45, 7) is 0.0826. The molecule has 1 aromatic rings. The van der Waals surface area contributed by atoms with Gasteiger partial charge >= 0.3 is 10.2 Å². The van der Waals surface area contributed by atoms with Crippen molar-refractivity contribution in [2.45, 2.75) is 6.42 Å². The highest BCUT2D eigenvalue weighted by molar-refractivity contribution is 7.86. The molecule has 2 rings (SSSR count). The summed E-state index contributed by atoms with van der Waals surface area (Å²) in [5, 5.41) is 0.252. The van der Waals surface area contributed by atoms with Crippen molar-refractivity contribution in [2.24, 2.45) is 5.92 Å². The molecular weight excluding hydrogens is 347 g/mol. The van der Waals surface area contributed by atoms with Gasteiger partial charge in [-0.3, -0.25) is 9.59 Å². The Morgan fingerprint density at radius 2 is 2.09 bits per heavy atom. The first-order valence-corrected chi connectivity index (χ1v) is 8.75. The van der Waals surface area contributed by atoms with Gasteiger partial charge in [0.15, 0.2) is 0 Å². The van der Waals surface area contributed by atoms with Gasteiger partial charge in [0.25, 0.3) is 5.91 Å². The van der Waals surface area contributed by atoms with E-state index in [4.69, 9.17) is 11.6 Å². The largest absolute Gasteiger partial charge is 0.345 e. The van der Waals surface area contributed by atoms with Gasteiger partial charge in [-0.25, -0.2) is 0 Å². The van der Waals surface area contributed by atoms with Gasteiger partial charge in [-0.15, -0.1) is 3.89 Å². The van der Waals surface area contributed by atoms with E-state index in [1.165, 1.54) is 21.9 Å². The van der Waals surface area contributed by atoms with Crippen LogP contribution in [0.3, 0.4) is 0 Å².